The predicted molar refractivity (Wildman–Crippen MR) is 56.7 cm³/mol. The van der Waals surface area contributed by atoms with Gasteiger partial charge in [-0.1, -0.05) is 6.07 Å². The van der Waals surface area contributed by atoms with Crippen LogP contribution in [0.5, 0.6) is 0 Å². The molecule has 0 bridgehead atoms. The summed E-state index contributed by atoms with van der Waals surface area (Å²) in [5.74, 6) is 4.74. The van der Waals surface area contributed by atoms with Gasteiger partial charge in [-0.15, -0.1) is 0 Å². The quantitative estimate of drug-likeness (QED) is 0.780. The lowest BCUT2D eigenvalue weighted by molar-refractivity contribution is 0.140. The fraction of sp³-hybridized carbons (Fsp3) is 0.273. The second-order valence-electron chi connectivity index (χ2n) is 3.52. The normalized spacial score (nSPS) is 11.1. The Morgan fingerprint density at radius 3 is 2.93 bits per heavy atom. The number of nitrogens with zero attached hydrogens (tertiary/aromatic N) is 1. The Kier molecular flexibility index (Phi) is 2.70. The van der Waals surface area contributed by atoms with Crippen LogP contribution in [0.25, 0.3) is 10.9 Å². The molecule has 0 amide bonds. The zero-order valence-corrected chi connectivity index (χ0v) is 8.53. The third-order valence-electron chi connectivity index (χ3n) is 2.57. The van der Waals surface area contributed by atoms with Crippen molar-refractivity contribution < 1.29 is 9.23 Å². The monoisotopic (exact) mass is 208 g/mol. The zero-order valence-electron chi connectivity index (χ0n) is 8.53. The summed E-state index contributed by atoms with van der Waals surface area (Å²) in [6, 6.07) is 5.46. The lowest BCUT2D eigenvalue weighted by Gasteiger charge is -2.04. The maximum Gasteiger partial charge on any atom is 0.135 e. The van der Waals surface area contributed by atoms with Crippen molar-refractivity contribution in [2.45, 2.75) is 6.42 Å². The van der Waals surface area contributed by atoms with Crippen molar-refractivity contribution in [1.29, 1.82) is 0 Å². The first kappa shape index (κ1) is 10.1. The second-order valence-corrected chi connectivity index (χ2v) is 3.52. The van der Waals surface area contributed by atoms with Crippen molar-refractivity contribution in [3.63, 3.8) is 0 Å². The molecule has 80 valence electrons. The smallest absolute Gasteiger partial charge is 0.135 e. The first-order valence-corrected chi connectivity index (χ1v) is 4.78. The topological polar surface area (TPSA) is 40.2 Å². The van der Waals surface area contributed by atoms with Gasteiger partial charge in [0, 0.05) is 25.1 Å². The molecule has 0 aliphatic carbocycles. The summed E-state index contributed by atoms with van der Waals surface area (Å²) >= 11 is 0. The van der Waals surface area contributed by atoms with Gasteiger partial charge in [-0.05, 0) is 17.7 Å². The van der Waals surface area contributed by atoms with E-state index in [1.54, 1.807) is 12.1 Å². The van der Waals surface area contributed by atoms with Crippen LogP contribution >= 0.6 is 0 Å². The largest absolute Gasteiger partial charge is 0.350 e. The average Bonchev–Trinajstić information content (AvgIpc) is 2.61. The van der Waals surface area contributed by atoms with Gasteiger partial charge in [0.15, 0.2) is 0 Å². The summed E-state index contributed by atoms with van der Waals surface area (Å²) in [4.78, 5) is 4.45. The van der Waals surface area contributed by atoms with Crippen LogP contribution in [0.4, 0.5) is 4.39 Å². The number of hydrogen-bond donors (Lipinski definition) is 1. The number of rotatable bonds is 3. The average molecular weight is 208 g/mol. The molecule has 15 heavy (non-hydrogen) atoms. The molecule has 0 radical (unpaired) electrons. The number of fused-ring (bicyclic) bond motifs is 1. The van der Waals surface area contributed by atoms with Gasteiger partial charge >= 0.3 is 0 Å². The molecule has 1 aromatic carbocycles. The highest BCUT2D eigenvalue weighted by molar-refractivity contribution is 5.81. The van der Waals surface area contributed by atoms with Crippen molar-refractivity contribution >= 4 is 10.9 Å². The molecule has 0 atom stereocenters. The van der Waals surface area contributed by atoms with E-state index in [4.69, 9.17) is 5.90 Å². The van der Waals surface area contributed by atoms with E-state index < -0.39 is 0 Å². The Morgan fingerprint density at radius 1 is 1.40 bits per heavy atom. The molecule has 4 heteroatoms. The fourth-order valence-corrected chi connectivity index (χ4v) is 1.72. The van der Waals surface area contributed by atoms with Crippen molar-refractivity contribution in [2.24, 2.45) is 12.9 Å². The molecule has 1 heterocycles. The van der Waals surface area contributed by atoms with E-state index in [0.29, 0.717) is 24.0 Å². The molecule has 2 rings (SSSR count). The SMILES string of the molecule is Cn1ccc2c(F)c(CCON)ccc21. The molecule has 2 N–H and O–H groups in total. The van der Waals surface area contributed by atoms with Gasteiger partial charge in [0.1, 0.15) is 5.82 Å². The Labute approximate surface area is 87.2 Å². The standard InChI is InChI=1S/C11H13FN2O/c1-14-6-4-9-10(14)3-2-8(11(9)12)5-7-15-13/h2-4,6H,5,7,13H2,1H3. The van der Waals surface area contributed by atoms with E-state index in [9.17, 15) is 4.39 Å². The lowest BCUT2D eigenvalue weighted by Crippen LogP contribution is -2.05. The van der Waals surface area contributed by atoms with Crippen LogP contribution in [0.15, 0.2) is 24.4 Å². The number of benzene rings is 1. The Balaban J connectivity index is 2.46. The predicted octanol–water partition coefficient (Wildman–Crippen LogP) is 1.75. The van der Waals surface area contributed by atoms with E-state index in [0.717, 1.165) is 5.52 Å². The van der Waals surface area contributed by atoms with E-state index in [2.05, 4.69) is 4.84 Å². The fourth-order valence-electron chi connectivity index (χ4n) is 1.72. The molecule has 0 saturated carbocycles. The molecule has 0 saturated heterocycles. The van der Waals surface area contributed by atoms with E-state index >= 15 is 0 Å². The summed E-state index contributed by atoms with van der Waals surface area (Å²) < 4.78 is 15.8. The van der Waals surface area contributed by atoms with Gasteiger partial charge in [0.05, 0.1) is 12.1 Å². The molecule has 0 spiro atoms. The zero-order chi connectivity index (χ0) is 10.8. The van der Waals surface area contributed by atoms with Gasteiger partial charge in [-0.3, -0.25) is 0 Å². The minimum atomic E-state index is -0.176. The van der Waals surface area contributed by atoms with Crippen LogP contribution in [0.1, 0.15) is 5.56 Å². The molecule has 2 aromatic rings. The van der Waals surface area contributed by atoms with Gasteiger partial charge in [-0.25, -0.2) is 10.3 Å². The highest BCUT2D eigenvalue weighted by Gasteiger charge is 2.08. The molecule has 1 aromatic heterocycles. The summed E-state index contributed by atoms with van der Waals surface area (Å²) in [5, 5.41) is 0.645. The Bertz CT molecular complexity index is 479. The van der Waals surface area contributed by atoms with Crippen molar-refractivity contribution in [3.05, 3.63) is 35.8 Å². The van der Waals surface area contributed by atoms with Crippen LogP contribution < -0.4 is 5.90 Å². The van der Waals surface area contributed by atoms with E-state index in [1.165, 1.54) is 0 Å². The van der Waals surface area contributed by atoms with Crippen LogP contribution in [-0.2, 0) is 18.3 Å². The highest BCUT2D eigenvalue weighted by atomic mass is 19.1. The summed E-state index contributed by atoms with van der Waals surface area (Å²) in [5.41, 5.74) is 1.53. The number of aryl methyl sites for hydroxylation is 1. The van der Waals surface area contributed by atoms with Crippen LogP contribution in [0, 0.1) is 5.82 Å². The molecule has 0 unspecified atom stereocenters. The van der Waals surface area contributed by atoms with E-state index in [-0.39, 0.29) is 5.82 Å². The number of aromatic nitrogens is 1. The van der Waals surface area contributed by atoms with Crippen molar-refractivity contribution in [2.75, 3.05) is 6.61 Å². The maximum absolute atomic E-state index is 13.9. The number of hydrogen-bond acceptors (Lipinski definition) is 2. The van der Waals surface area contributed by atoms with Gasteiger partial charge in [0.25, 0.3) is 0 Å². The van der Waals surface area contributed by atoms with Crippen LogP contribution in [0.3, 0.4) is 0 Å². The third-order valence-corrected chi connectivity index (χ3v) is 2.57. The van der Waals surface area contributed by atoms with Crippen molar-refractivity contribution in [3.8, 4) is 0 Å². The summed E-state index contributed by atoms with van der Waals surface area (Å²) in [6.07, 6.45) is 2.34. The maximum atomic E-state index is 13.9. The molecular weight excluding hydrogens is 195 g/mol. The Morgan fingerprint density at radius 2 is 2.20 bits per heavy atom. The molecular formula is C11H13FN2O. The minimum Gasteiger partial charge on any atom is -0.350 e. The Hall–Kier alpha value is -1.39. The van der Waals surface area contributed by atoms with Gasteiger partial charge in [-0.2, -0.15) is 0 Å². The van der Waals surface area contributed by atoms with Crippen molar-refractivity contribution in [1.82, 2.24) is 4.57 Å². The highest BCUT2D eigenvalue weighted by Crippen LogP contribution is 2.21. The van der Waals surface area contributed by atoms with Crippen LogP contribution in [0.2, 0.25) is 0 Å². The van der Waals surface area contributed by atoms with Crippen LogP contribution in [-0.4, -0.2) is 11.2 Å². The first-order chi connectivity index (χ1) is 7.24. The van der Waals surface area contributed by atoms with Gasteiger partial charge < -0.3 is 9.40 Å². The molecule has 3 nitrogen and oxygen atoms in total. The summed E-state index contributed by atoms with van der Waals surface area (Å²) in [7, 11) is 1.89. The first-order valence-electron chi connectivity index (χ1n) is 4.78. The second kappa shape index (κ2) is 4.00. The minimum absolute atomic E-state index is 0.176. The molecule has 0 aliphatic rings. The number of nitrogens with two attached hydrogens (primary N) is 1. The lowest BCUT2D eigenvalue weighted by atomic mass is 10.1. The number of halogens is 1. The third kappa shape index (κ3) is 1.73. The molecule has 0 fully saturated rings. The summed E-state index contributed by atoms with van der Waals surface area (Å²) in [6.45, 7) is 0.329. The van der Waals surface area contributed by atoms with E-state index in [1.807, 2.05) is 23.9 Å². The van der Waals surface area contributed by atoms with Gasteiger partial charge in [0.2, 0.25) is 0 Å². The molecule has 0 aliphatic heterocycles.